The fourth-order valence-corrected chi connectivity index (χ4v) is 2.83. The van der Waals surface area contributed by atoms with Crippen molar-refractivity contribution < 1.29 is 19.4 Å². The molecule has 1 aromatic heterocycles. The first-order valence-electron chi connectivity index (χ1n) is 7.38. The van der Waals surface area contributed by atoms with E-state index in [-0.39, 0.29) is 28.8 Å². The van der Waals surface area contributed by atoms with Gasteiger partial charge in [0.05, 0.1) is 37.3 Å². The van der Waals surface area contributed by atoms with E-state index in [4.69, 9.17) is 11.6 Å². The zero-order valence-corrected chi connectivity index (χ0v) is 13.8. The van der Waals surface area contributed by atoms with Crippen molar-refractivity contribution >= 4 is 23.5 Å². The number of methoxy groups -OCH3 is 1. The molecule has 2 aromatic rings. The van der Waals surface area contributed by atoms with Gasteiger partial charge in [-0.25, -0.2) is 4.79 Å². The van der Waals surface area contributed by atoms with E-state index in [9.17, 15) is 14.7 Å². The molecule has 24 heavy (non-hydrogen) atoms. The quantitative estimate of drug-likeness (QED) is 0.851. The number of phenols is 1. The molecular formula is C16H16ClN3O4. The second-order valence-corrected chi connectivity index (χ2v) is 5.92. The third kappa shape index (κ3) is 3.21. The number of ether oxygens (including phenoxy) is 1. The van der Waals surface area contributed by atoms with Crippen molar-refractivity contribution in [1.82, 2.24) is 14.7 Å². The number of rotatable bonds is 3. The van der Waals surface area contributed by atoms with Crippen LogP contribution in [0, 0.1) is 0 Å². The first-order chi connectivity index (χ1) is 11.5. The van der Waals surface area contributed by atoms with Gasteiger partial charge in [-0.3, -0.25) is 9.48 Å². The van der Waals surface area contributed by atoms with Gasteiger partial charge >= 0.3 is 5.97 Å². The molecule has 1 aliphatic heterocycles. The van der Waals surface area contributed by atoms with Crippen LogP contribution in [0.25, 0.3) is 0 Å². The van der Waals surface area contributed by atoms with Crippen molar-refractivity contribution in [1.29, 1.82) is 0 Å². The van der Waals surface area contributed by atoms with Gasteiger partial charge in [-0.2, -0.15) is 5.10 Å². The molecule has 0 saturated carbocycles. The third-order valence-electron chi connectivity index (χ3n) is 3.91. The molecule has 1 aliphatic rings. The number of aromatic hydroxyl groups is 1. The summed E-state index contributed by atoms with van der Waals surface area (Å²) in [5, 5.41) is 13.8. The number of nitrogens with zero attached hydrogens (tertiary/aromatic N) is 3. The van der Waals surface area contributed by atoms with Gasteiger partial charge in [0.1, 0.15) is 5.75 Å². The summed E-state index contributed by atoms with van der Waals surface area (Å²) in [6, 6.07) is 6.36. The minimum absolute atomic E-state index is 0.00919. The largest absolute Gasteiger partial charge is 0.506 e. The highest BCUT2D eigenvalue weighted by Gasteiger charge is 2.24. The lowest BCUT2D eigenvalue weighted by atomic mass is 10.1. The van der Waals surface area contributed by atoms with Crippen LogP contribution in [0.1, 0.15) is 21.7 Å². The highest BCUT2D eigenvalue weighted by atomic mass is 35.5. The fraction of sp³-hybridized carbons (Fsp3) is 0.312. The maximum absolute atomic E-state index is 12.5. The predicted molar refractivity (Wildman–Crippen MR) is 85.8 cm³/mol. The van der Waals surface area contributed by atoms with E-state index in [1.54, 1.807) is 27.8 Å². The van der Waals surface area contributed by atoms with Crippen LogP contribution in [-0.4, -0.2) is 45.3 Å². The molecule has 3 rings (SSSR count). The molecule has 1 aromatic carbocycles. The molecule has 0 bridgehead atoms. The second-order valence-electron chi connectivity index (χ2n) is 5.51. The van der Waals surface area contributed by atoms with Gasteiger partial charge in [-0.15, -0.1) is 0 Å². The van der Waals surface area contributed by atoms with Gasteiger partial charge in [0.15, 0.2) is 5.69 Å². The predicted octanol–water partition coefficient (Wildman–Crippen LogP) is 1.61. The van der Waals surface area contributed by atoms with Crippen molar-refractivity contribution in [3.63, 3.8) is 0 Å². The maximum Gasteiger partial charge on any atom is 0.358 e. The monoisotopic (exact) mass is 349 g/mol. The summed E-state index contributed by atoms with van der Waals surface area (Å²) in [5.74, 6) is -0.553. The van der Waals surface area contributed by atoms with Crippen LogP contribution in [0.15, 0.2) is 24.3 Å². The van der Waals surface area contributed by atoms with Crippen LogP contribution in [0.3, 0.4) is 0 Å². The first kappa shape index (κ1) is 16.3. The van der Waals surface area contributed by atoms with Crippen LogP contribution in [0.4, 0.5) is 0 Å². The van der Waals surface area contributed by atoms with Crippen LogP contribution in [0.5, 0.6) is 5.75 Å². The normalized spacial score (nSPS) is 13.5. The smallest absolute Gasteiger partial charge is 0.358 e. The lowest BCUT2D eigenvalue weighted by molar-refractivity contribution is -0.132. The summed E-state index contributed by atoms with van der Waals surface area (Å²) in [5.41, 5.74) is 1.77. The number of amides is 1. The Balaban J connectivity index is 1.70. The average molecular weight is 350 g/mol. The number of carbonyl (C=O) groups excluding carboxylic acids is 2. The molecule has 0 unspecified atom stereocenters. The second kappa shape index (κ2) is 6.52. The van der Waals surface area contributed by atoms with Gasteiger partial charge in [0.25, 0.3) is 0 Å². The number of hydrogen-bond acceptors (Lipinski definition) is 5. The molecule has 2 heterocycles. The molecule has 8 heteroatoms. The van der Waals surface area contributed by atoms with Crippen LogP contribution in [-0.2, 0) is 29.0 Å². The molecule has 0 atom stereocenters. The molecule has 1 N–H and O–H groups in total. The van der Waals surface area contributed by atoms with E-state index in [1.165, 1.54) is 13.2 Å². The molecule has 1 amide bonds. The molecule has 126 valence electrons. The van der Waals surface area contributed by atoms with Crippen LogP contribution in [0.2, 0.25) is 5.02 Å². The van der Waals surface area contributed by atoms with E-state index >= 15 is 0 Å². The SMILES string of the molecule is COC(=O)c1cc2n(n1)CCN(C(=O)Cc1ccc(O)c(Cl)c1)C2. The Hall–Kier alpha value is -2.54. The van der Waals surface area contributed by atoms with Crippen molar-refractivity contribution in [2.24, 2.45) is 0 Å². The first-order valence-corrected chi connectivity index (χ1v) is 7.76. The molecule has 0 fully saturated rings. The summed E-state index contributed by atoms with van der Waals surface area (Å²) in [6.07, 6.45) is 0.192. The number of phenolic OH excluding ortho intramolecular Hbond substituents is 1. The molecule has 0 radical (unpaired) electrons. The number of hydrogen-bond donors (Lipinski definition) is 1. The number of aromatic nitrogens is 2. The minimum Gasteiger partial charge on any atom is -0.506 e. The molecular weight excluding hydrogens is 334 g/mol. The Morgan fingerprint density at radius 2 is 2.12 bits per heavy atom. The molecule has 0 saturated heterocycles. The Morgan fingerprint density at radius 3 is 2.83 bits per heavy atom. The Morgan fingerprint density at radius 1 is 1.33 bits per heavy atom. The van der Waals surface area contributed by atoms with Crippen LogP contribution >= 0.6 is 11.6 Å². The Labute approximate surface area is 143 Å². The molecule has 7 nitrogen and oxygen atoms in total. The topological polar surface area (TPSA) is 84.7 Å². The Bertz CT molecular complexity index is 803. The zero-order chi connectivity index (χ0) is 17.3. The van der Waals surface area contributed by atoms with Crippen molar-refractivity contribution in [3.8, 4) is 5.75 Å². The standard InChI is InChI=1S/C16H16ClN3O4/c1-24-16(23)13-8-11-9-19(4-5-20(11)18-13)15(22)7-10-2-3-14(21)12(17)6-10/h2-3,6,8,21H,4-5,7,9H2,1H3. The highest BCUT2D eigenvalue weighted by molar-refractivity contribution is 6.32. The summed E-state index contributed by atoms with van der Waals surface area (Å²) in [6.45, 7) is 1.42. The lowest BCUT2D eigenvalue weighted by Crippen LogP contribution is -2.39. The van der Waals surface area contributed by atoms with Crippen molar-refractivity contribution in [2.75, 3.05) is 13.7 Å². The van der Waals surface area contributed by atoms with E-state index in [0.29, 0.717) is 19.6 Å². The number of benzene rings is 1. The van der Waals surface area contributed by atoms with Gasteiger partial charge in [0.2, 0.25) is 5.91 Å². The van der Waals surface area contributed by atoms with Crippen LogP contribution < -0.4 is 0 Å². The van der Waals surface area contributed by atoms with Gasteiger partial charge < -0.3 is 14.7 Å². The molecule has 0 aliphatic carbocycles. The lowest BCUT2D eigenvalue weighted by Gasteiger charge is -2.27. The zero-order valence-electron chi connectivity index (χ0n) is 13.0. The number of fused-ring (bicyclic) bond motifs is 1. The summed E-state index contributed by atoms with van der Waals surface area (Å²) < 4.78 is 6.38. The van der Waals surface area contributed by atoms with E-state index in [0.717, 1.165) is 11.3 Å². The molecule has 0 spiro atoms. The number of halogens is 1. The van der Waals surface area contributed by atoms with Crippen molar-refractivity contribution in [2.45, 2.75) is 19.5 Å². The summed E-state index contributed by atoms with van der Waals surface area (Å²) >= 11 is 5.87. The number of carbonyl (C=O) groups is 2. The summed E-state index contributed by atoms with van der Waals surface area (Å²) in [4.78, 5) is 25.7. The van der Waals surface area contributed by atoms with Crippen molar-refractivity contribution in [3.05, 3.63) is 46.2 Å². The van der Waals surface area contributed by atoms with Gasteiger partial charge in [-0.05, 0) is 23.8 Å². The summed E-state index contributed by atoms with van der Waals surface area (Å²) in [7, 11) is 1.30. The highest BCUT2D eigenvalue weighted by Crippen LogP contribution is 2.24. The van der Waals surface area contributed by atoms with Gasteiger partial charge in [-0.1, -0.05) is 17.7 Å². The fourth-order valence-electron chi connectivity index (χ4n) is 2.63. The van der Waals surface area contributed by atoms with E-state index in [1.807, 2.05) is 0 Å². The third-order valence-corrected chi connectivity index (χ3v) is 4.22. The number of esters is 1. The van der Waals surface area contributed by atoms with E-state index < -0.39 is 5.97 Å². The minimum atomic E-state index is -0.492. The van der Waals surface area contributed by atoms with E-state index in [2.05, 4.69) is 9.84 Å². The average Bonchev–Trinajstić information content (AvgIpc) is 3.00. The maximum atomic E-state index is 12.5. The Kier molecular flexibility index (Phi) is 4.44. The van der Waals surface area contributed by atoms with Gasteiger partial charge in [0, 0.05) is 6.54 Å².